The second kappa shape index (κ2) is 6.20. The van der Waals surface area contributed by atoms with Gasteiger partial charge in [-0.2, -0.15) is 12.2 Å². The van der Waals surface area contributed by atoms with Gasteiger partial charge in [0.05, 0.1) is 30.9 Å². The lowest BCUT2D eigenvalue weighted by atomic mass is 10.3. The molecule has 0 aliphatic carbocycles. The van der Waals surface area contributed by atoms with Crippen molar-refractivity contribution in [3.63, 3.8) is 0 Å². The molecule has 0 N–H and O–H groups in total. The Morgan fingerprint density at radius 2 is 2.06 bits per heavy atom. The second-order valence-electron chi connectivity index (χ2n) is 3.15. The van der Waals surface area contributed by atoms with Crippen LogP contribution in [0.4, 0.5) is 4.39 Å². The van der Waals surface area contributed by atoms with Crippen molar-refractivity contribution in [3.05, 3.63) is 24.0 Å². The zero-order chi connectivity index (χ0) is 12.9. The van der Waals surface area contributed by atoms with Gasteiger partial charge in [0.1, 0.15) is 11.1 Å². The van der Waals surface area contributed by atoms with Gasteiger partial charge in [0, 0.05) is 13.5 Å². The molecule has 9 heteroatoms. The van der Waals surface area contributed by atoms with Gasteiger partial charge >= 0.3 is 0 Å². The summed E-state index contributed by atoms with van der Waals surface area (Å²) >= 11 is 4.87. The molecule has 0 saturated carbocycles. The van der Waals surface area contributed by atoms with E-state index >= 15 is 0 Å². The van der Waals surface area contributed by atoms with Crippen LogP contribution in [0.2, 0.25) is 0 Å². The maximum atomic E-state index is 12.6. The minimum absolute atomic E-state index is 0.0802. The summed E-state index contributed by atoms with van der Waals surface area (Å²) < 4.78 is 44.0. The Balaban J connectivity index is 2.84. The Morgan fingerprint density at radius 3 is 2.53 bits per heavy atom. The van der Waals surface area contributed by atoms with Crippen molar-refractivity contribution < 1.29 is 21.3 Å². The standard InChI is InChI=1S/C8H10ClFN2O4S/c1-15-5-7(17(13,14)16-9)2-8-11-3-6(10)4-12-8/h3-4,7H,2,5H2,1H3/t7-/m1/s1. The lowest BCUT2D eigenvalue weighted by Crippen LogP contribution is -2.29. The summed E-state index contributed by atoms with van der Waals surface area (Å²) in [7, 11) is -2.63. The fourth-order valence-electron chi connectivity index (χ4n) is 1.13. The maximum absolute atomic E-state index is 12.6. The normalized spacial score (nSPS) is 13.6. The van der Waals surface area contributed by atoms with E-state index in [1.807, 2.05) is 0 Å². The highest BCUT2D eigenvalue weighted by molar-refractivity contribution is 7.88. The number of aromatic nitrogens is 2. The Bertz CT molecular complexity index is 453. The average molecular weight is 285 g/mol. The number of methoxy groups -OCH3 is 1. The molecule has 1 atom stereocenters. The molecule has 6 nitrogen and oxygen atoms in total. The lowest BCUT2D eigenvalue weighted by molar-refractivity contribution is 0.193. The van der Waals surface area contributed by atoms with E-state index in [-0.39, 0.29) is 18.9 Å². The van der Waals surface area contributed by atoms with E-state index in [4.69, 9.17) is 16.6 Å². The van der Waals surface area contributed by atoms with E-state index in [1.165, 1.54) is 7.11 Å². The van der Waals surface area contributed by atoms with Crippen LogP contribution < -0.4 is 0 Å². The van der Waals surface area contributed by atoms with Gasteiger partial charge in [0.25, 0.3) is 10.1 Å². The van der Waals surface area contributed by atoms with Crippen LogP contribution in [0.3, 0.4) is 0 Å². The molecule has 0 fully saturated rings. The van der Waals surface area contributed by atoms with Crippen molar-refractivity contribution in [1.82, 2.24) is 9.97 Å². The minimum atomic E-state index is -3.96. The third kappa shape index (κ3) is 4.15. The highest BCUT2D eigenvalue weighted by Gasteiger charge is 2.27. The molecule has 1 aromatic heterocycles. The number of nitrogens with zero attached hydrogens (tertiary/aromatic N) is 2. The SMILES string of the molecule is COC[C@@H](Cc1ncc(F)cn1)S(=O)(=O)OCl. The zero-order valence-electron chi connectivity index (χ0n) is 8.84. The third-order valence-electron chi connectivity index (χ3n) is 1.93. The molecule has 17 heavy (non-hydrogen) atoms. The van der Waals surface area contributed by atoms with Crippen molar-refractivity contribution in [2.75, 3.05) is 13.7 Å². The molecular formula is C8H10ClFN2O4S. The minimum Gasteiger partial charge on any atom is -0.383 e. The molecule has 0 saturated heterocycles. The summed E-state index contributed by atoms with van der Waals surface area (Å²) in [4.78, 5) is 7.29. The van der Waals surface area contributed by atoms with E-state index in [1.54, 1.807) is 0 Å². The smallest absolute Gasteiger partial charge is 0.288 e. The average Bonchev–Trinajstić information content (AvgIpc) is 2.31. The summed E-state index contributed by atoms with van der Waals surface area (Å²) in [6, 6.07) is 0. The van der Waals surface area contributed by atoms with Gasteiger partial charge in [-0.05, 0) is 0 Å². The van der Waals surface area contributed by atoms with Gasteiger partial charge in [0.15, 0.2) is 5.82 Å². The van der Waals surface area contributed by atoms with Crippen LogP contribution in [0.25, 0.3) is 0 Å². The molecule has 0 spiro atoms. The zero-order valence-corrected chi connectivity index (χ0v) is 10.4. The first-order valence-electron chi connectivity index (χ1n) is 4.49. The lowest BCUT2D eigenvalue weighted by Gasteiger charge is -2.12. The van der Waals surface area contributed by atoms with Crippen LogP contribution in [0, 0.1) is 5.82 Å². The Kier molecular flexibility index (Phi) is 5.19. The van der Waals surface area contributed by atoms with Crippen LogP contribution >= 0.6 is 11.9 Å². The molecule has 96 valence electrons. The van der Waals surface area contributed by atoms with Gasteiger partial charge < -0.3 is 4.74 Å². The molecule has 0 bridgehead atoms. The molecule has 0 amide bonds. The number of halogens is 2. The Hall–Kier alpha value is -0.830. The highest BCUT2D eigenvalue weighted by Crippen LogP contribution is 2.11. The maximum Gasteiger partial charge on any atom is 0.288 e. The molecule has 1 rings (SSSR count). The van der Waals surface area contributed by atoms with Crippen molar-refractivity contribution in [3.8, 4) is 0 Å². The predicted molar refractivity (Wildman–Crippen MR) is 57.2 cm³/mol. The van der Waals surface area contributed by atoms with Gasteiger partial charge in [-0.3, -0.25) is 0 Å². The largest absolute Gasteiger partial charge is 0.383 e. The van der Waals surface area contributed by atoms with Crippen molar-refractivity contribution in [2.24, 2.45) is 0 Å². The first-order chi connectivity index (χ1) is 7.99. The summed E-state index contributed by atoms with van der Waals surface area (Å²) in [6.07, 6.45) is 1.81. The molecule has 1 aromatic rings. The molecule has 0 unspecified atom stereocenters. The third-order valence-corrected chi connectivity index (χ3v) is 3.75. The van der Waals surface area contributed by atoms with Crippen LogP contribution in [-0.2, 0) is 25.0 Å². The first-order valence-corrected chi connectivity index (χ1v) is 6.27. The van der Waals surface area contributed by atoms with E-state index in [9.17, 15) is 12.8 Å². The van der Waals surface area contributed by atoms with E-state index in [2.05, 4.69) is 13.7 Å². The summed E-state index contributed by atoms with van der Waals surface area (Å²) in [5, 5.41) is -1.05. The number of hydrogen-bond acceptors (Lipinski definition) is 6. The van der Waals surface area contributed by atoms with Crippen molar-refractivity contribution in [2.45, 2.75) is 11.7 Å². The van der Waals surface area contributed by atoms with Crippen LogP contribution in [-0.4, -0.2) is 37.4 Å². The van der Waals surface area contributed by atoms with Crippen LogP contribution in [0.1, 0.15) is 5.82 Å². The highest BCUT2D eigenvalue weighted by atomic mass is 35.5. The molecule has 1 heterocycles. The Labute approximate surface area is 103 Å². The van der Waals surface area contributed by atoms with Gasteiger partial charge in [-0.15, -0.1) is 0 Å². The monoisotopic (exact) mass is 284 g/mol. The van der Waals surface area contributed by atoms with Gasteiger partial charge in [-0.1, -0.05) is 0 Å². The first kappa shape index (κ1) is 14.2. The second-order valence-corrected chi connectivity index (χ2v) is 5.31. The summed E-state index contributed by atoms with van der Waals surface area (Å²) in [5.41, 5.74) is 0. The van der Waals surface area contributed by atoms with E-state index in [0.29, 0.717) is 0 Å². The predicted octanol–water partition coefficient (Wildman–Crippen LogP) is 0.673. The van der Waals surface area contributed by atoms with E-state index < -0.39 is 21.2 Å². The van der Waals surface area contributed by atoms with Crippen molar-refractivity contribution in [1.29, 1.82) is 0 Å². The van der Waals surface area contributed by atoms with Gasteiger partial charge in [0.2, 0.25) is 0 Å². The molecule has 0 aromatic carbocycles. The fraction of sp³-hybridized carbons (Fsp3) is 0.500. The number of ether oxygens (including phenoxy) is 1. The Morgan fingerprint density at radius 1 is 1.47 bits per heavy atom. The number of rotatable bonds is 6. The molecule has 0 aliphatic heterocycles. The molecular weight excluding hydrogens is 275 g/mol. The number of hydrogen-bond donors (Lipinski definition) is 0. The van der Waals surface area contributed by atoms with Crippen molar-refractivity contribution >= 4 is 22.0 Å². The molecule has 0 radical (unpaired) electrons. The topological polar surface area (TPSA) is 78.4 Å². The van der Waals surface area contributed by atoms with E-state index in [0.717, 1.165) is 12.4 Å². The summed E-state index contributed by atoms with van der Waals surface area (Å²) in [5.74, 6) is -0.445. The van der Waals surface area contributed by atoms with Crippen LogP contribution in [0.15, 0.2) is 12.4 Å². The quantitative estimate of drug-likeness (QED) is 0.764. The van der Waals surface area contributed by atoms with Crippen LogP contribution in [0.5, 0.6) is 0 Å². The van der Waals surface area contributed by atoms with Gasteiger partial charge in [-0.25, -0.2) is 14.4 Å². The fourth-order valence-corrected chi connectivity index (χ4v) is 2.20. The molecule has 0 aliphatic rings. The summed E-state index contributed by atoms with van der Waals surface area (Å²) in [6.45, 7) is -0.129.